The number of ether oxygens (including phenoxy) is 2. The third-order valence-electron chi connectivity index (χ3n) is 8.85. The molecule has 3 amide bonds. The fourth-order valence-corrected chi connectivity index (χ4v) is 7.04. The van der Waals surface area contributed by atoms with Gasteiger partial charge >= 0.3 is 5.97 Å². The molecule has 6 atom stereocenters. The maximum absolute atomic E-state index is 14.4. The minimum absolute atomic E-state index is 0.0447. The maximum Gasteiger partial charge on any atom is 0.313 e. The predicted molar refractivity (Wildman–Crippen MR) is 168 cm³/mol. The van der Waals surface area contributed by atoms with Crippen molar-refractivity contribution in [1.29, 1.82) is 0 Å². The smallest absolute Gasteiger partial charge is 0.313 e. The van der Waals surface area contributed by atoms with Gasteiger partial charge in [-0.25, -0.2) is 0 Å². The molecule has 45 heavy (non-hydrogen) atoms. The molecule has 11 heteroatoms. The second-order valence-electron chi connectivity index (χ2n) is 11.5. The van der Waals surface area contributed by atoms with Crippen molar-refractivity contribution in [2.75, 3.05) is 31.1 Å². The van der Waals surface area contributed by atoms with Crippen molar-refractivity contribution in [2.45, 2.75) is 49.5 Å². The number of rotatable bonds is 14. The number of hydrogen-bond acceptors (Lipinski definition) is 7. The first-order valence-corrected chi connectivity index (χ1v) is 15.5. The molecule has 0 saturated carbocycles. The maximum atomic E-state index is 14.4. The van der Waals surface area contributed by atoms with Gasteiger partial charge in [-0.15, -0.1) is 13.2 Å². The highest BCUT2D eigenvalue weighted by atomic mass is 35.5. The zero-order valence-corrected chi connectivity index (χ0v) is 25.7. The number of aliphatic hydroxyl groups excluding tert-OH is 1. The van der Waals surface area contributed by atoms with Crippen LogP contribution in [0.2, 0.25) is 5.02 Å². The van der Waals surface area contributed by atoms with Crippen molar-refractivity contribution in [3.8, 4) is 0 Å². The molecular formula is C34H38ClN3O7. The molecule has 0 radical (unpaired) electrons. The summed E-state index contributed by atoms with van der Waals surface area (Å²) in [7, 11) is 0. The molecule has 2 aromatic carbocycles. The van der Waals surface area contributed by atoms with E-state index in [1.54, 1.807) is 48.6 Å². The van der Waals surface area contributed by atoms with Crippen LogP contribution in [-0.2, 0) is 28.7 Å². The van der Waals surface area contributed by atoms with Gasteiger partial charge in [0.15, 0.2) is 0 Å². The zero-order valence-electron chi connectivity index (χ0n) is 25.0. The number of nitrogens with zero attached hydrogens (tertiary/aromatic N) is 2. The van der Waals surface area contributed by atoms with Crippen LogP contribution < -0.4 is 10.2 Å². The van der Waals surface area contributed by atoms with Crippen molar-refractivity contribution in [3.05, 3.63) is 90.5 Å². The second-order valence-corrected chi connectivity index (χ2v) is 11.9. The van der Waals surface area contributed by atoms with E-state index >= 15 is 0 Å². The Balaban J connectivity index is 1.43. The number of anilines is 1. The fraction of sp³-hybridized carbons (Fsp3) is 0.412. The first-order chi connectivity index (χ1) is 21.7. The number of amides is 3. The van der Waals surface area contributed by atoms with Gasteiger partial charge in [0.1, 0.15) is 17.7 Å². The van der Waals surface area contributed by atoms with Gasteiger partial charge in [0, 0.05) is 30.2 Å². The van der Waals surface area contributed by atoms with Gasteiger partial charge in [-0.2, -0.15) is 0 Å². The fourth-order valence-electron chi connectivity index (χ4n) is 6.91. The largest absolute Gasteiger partial charge is 0.455 e. The van der Waals surface area contributed by atoms with Gasteiger partial charge in [-0.1, -0.05) is 54.1 Å². The van der Waals surface area contributed by atoms with Crippen LogP contribution in [0.25, 0.3) is 0 Å². The van der Waals surface area contributed by atoms with Crippen LogP contribution in [0.15, 0.2) is 79.9 Å². The first kappa shape index (κ1) is 32.4. The summed E-state index contributed by atoms with van der Waals surface area (Å²) in [5.41, 5.74) is -0.0284. The number of benzene rings is 2. The number of β-amino-alcohol motifs (C(OH)–C–C–N with tert-alkyl or cyclic N) is 1. The van der Waals surface area contributed by atoms with Crippen molar-refractivity contribution in [1.82, 2.24) is 10.2 Å². The molecule has 5 rings (SSSR count). The Bertz CT molecular complexity index is 1440. The highest BCUT2D eigenvalue weighted by Crippen LogP contribution is 2.59. The van der Waals surface area contributed by atoms with Crippen molar-refractivity contribution in [3.63, 3.8) is 0 Å². The summed E-state index contributed by atoms with van der Waals surface area (Å²) < 4.78 is 12.5. The number of fused-ring (bicyclic) bond motifs is 1. The van der Waals surface area contributed by atoms with Crippen LogP contribution >= 0.6 is 11.6 Å². The van der Waals surface area contributed by atoms with E-state index in [1.165, 1.54) is 9.80 Å². The lowest BCUT2D eigenvalue weighted by Crippen LogP contribution is -2.56. The van der Waals surface area contributed by atoms with Gasteiger partial charge in [0.25, 0.3) is 5.91 Å². The quantitative estimate of drug-likeness (QED) is 0.240. The zero-order chi connectivity index (χ0) is 32.1. The van der Waals surface area contributed by atoms with E-state index in [9.17, 15) is 24.3 Å². The second kappa shape index (κ2) is 14.0. The average Bonchev–Trinajstić information content (AvgIpc) is 3.69. The molecule has 0 aliphatic carbocycles. The molecule has 2 bridgehead atoms. The number of nitrogens with one attached hydrogen (secondary N) is 1. The Hall–Kier alpha value is -3.99. The number of hydrogen-bond donors (Lipinski definition) is 2. The minimum atomic E-state index is -1.27. The molecule has 0 unspecified atom stereocenters. The lowest BCUT2D eigenvalue weighted by atomic mass is 9.70. The number of esters is 1. The monoisotopic (exact) mass is 635 g/mol. The van der Waals surface area contributed by atoms with Crippen LogP contribution in [0.5, 0.6) is 0 Å². The third-order valence-corrected chi connectivity index (χ3v) is 9.11. The van der Waals surface area contributed by atoms with E-state index in [0.29, 0.717) is 35.5 Å². The summed E-state index contributed by atoms with van der Waals surface area (Å²) >= 11 is 6.09. The number of carbonyl (C=O) groups excluding carboxylic acids is 4. The molecule has 2 N–H and O–H groups in total. The third kappa shape index (κ3) is 6.27. The summed E-state index contributed by atoms with van der Waals surface area (Å²) in [6.45, 7) is 7.17. The number of allylic oxidation sites excluding steroid dienone is 1. The molecule has 10 nitrogen and oxygen atoms in total. The van der Waals surface area contributed by atoms with Gasteiger partial charge in [-0.05, 0) is 49.1 Å². The summed E-state index contributed by atoms with van der Waals surface area (Å²) in [4.78, 5) is 57.6. The first-order valence-electron chi connectivity index (χ1n) is 15.2. The lowest BCUT2D eigenvalue weighted by molar-refractivity contribution is -0.160. The number of carbonyl (C=O) groups is 4. The molecule has 238 valence electrons. The number of halogens is 1. The SMILES string of the molecule is C=CCCC(=O)NC[C@H](OC(=O)[C@@H]1[C@@H]2CC[C@]3(O2)[C@H](C(=O)N(CC=C)c2ccc(Cl)cc2)N(CCO)C(=O)[C@@H]13)c1ccccc1. The van der Waals surface area contributed by atoms with Crippen LogP contribution in [0, 0.1) is 11.8 Å². The molecule has 0 aromatic heterocycles. The topological polar surface area (TPSA) is 125 Å². The van der Waals surface area contributed by atoms with Crippen LogP contribution in [-0.4, -0.2) is 77.7 Å². The Labute approximate surface area is 267 Å². The van der Waals surface area contributed by atoms with Gasteiger partial charge in [0.05, 0.1) is 31.1 Å². The highest BCUT2D eigenvalue weighted by Gasteiger charge is 2.75. The van der Waals surface area contributed by atoms with Gasteiger partial charge < -0.3 is 29.7 Å². The van der Waals surface area contributed by atoms with E-state index in [2.05, 4.69) is 18.5 Å². The Morgan fingerprint density at radius 1 is 1.16 bits per heavy atom. The minimum Gasteiger partial charge on any atom is -0.455 e. The van der Waals surface area contributed by atoms with Crippen LogP contribution in [0.1, 0.15) is 37.4 Å². The van der Waals surface area contributed by atoms with Gasteiger partial charge in [0.2, 0.25) is 11.8 Å². The van der Waals surface area contributed by atoms with Crippen LogP contribution in [0.3, 0.4) is 0 Å². The molecule has 1 spiro atoms. The molecule has 2 aromatic rings. The van der Waals surface area contributed by atoms with E-state index in [-0.39, 0.29) is 38.6 Å². The summed E-state index contributed by atoms with van der Waals surface area (Å²) in [6, 6.07) is 14.7. The van der Waals surface area contributed by atoms with E-state index in [1.807, 2.05) is 18.2 Å². The summed E-state index contributed by atoms with van der Waals surface area (Å²) in [6.07, 6.45) is 3.42. The number of likely N-dealkylation sites (tertiary alicyclic amines) is 1. The standard InChI is InChI=1S/C34H38ClN3O7/c1-3-5-11-27(40)36-21-26(22-9-7-6-8-10-22)44-33(43)28-25-16-17-34(45-25)29(28)31(41)38(19-20-39)30(34)32(42)37(18-4-2)24-14-12-23(35)13-15-24/h3-4,6-10,12-15,25-26,28-30,39H,1-2,5,11,16-21H2,(H,36,40)/t25-,26-,28+,29+,30-,34+/m0/s1. The molecule has 3 fully saturated rings. The normalized spacial score (nSPS) is 25.4. The van der Waals surface area contributed by atoms with E-state index in [0.717, 1.165) is 0 Å². The highest BCUT2D eigenvalue weighted by molar-refractivity contribution is 6.30. The summed E-state index contributed by atoms with van der Waals surface area (Å²) in [5, 5.41) is 13.2. The van der Waals surface area contributed by atoms with Crippen molar-refractivity contribution < 1.29 is 33.8 Å². The molecule has 3 aliphatic rings. The Kier molecular flexibility index (Phi) is 10.1. The Morgan fingerprint density at radius 3 is 2.56 bits per heavy atom. The van der Waals surface area contributed by atoms with Crippen molar-refractivity contribution in [2.24, 2.45) is 11.8 Å². The van der Waals surface area contributed by atoms with E-state index in [4.69, 9.17) is 21.1 Å². The predicted octanol–water partition coefficient (Wildman–Crippen LogP) is 3.59. The average molecular weight is 636 g/mol. The molecular weight excluding hydrogens is 598 g/mol. The van der Waals surface area contributed by atoms with Crippen LogP contribution in [0.4, 0.5) is 5.69 Å². The summed E-state index contributed by atoms with van der Waals surface area (Å²) in [5.74, 6) is -3.61. The van der Waals surface area contributed by atoms with Gasteiger partial charge in [-0.3, -0.25) is 19.2 Å². The lowest BCUT2D eigenvalue weighted by Gasteiger charge is -2.36. The molecule has 3 heterocycles. The van der Waals surface area contributed by atoms with Crippen molar-refractivity contribution >= 4 is 41.0 Å². The number of aliphatic hydroxyl groups is 1. The molecule has 3 saturated heterocycles. The molecule has 3 aliphatic heterocycles. The Morgan fingerprint density at radius 2 is 1.89 bits per heavy atom. The van der Waals surface area contributed by atoms with E-state index < -0.39 is 53.5 Å².